The van der Waals surface area contributed by atoms with E-state index in [1.165, 1.54) is 12.1 Å². The van der Waals surface area contributed by atoms with E-state index in [0.717, 1.165) is 67.1 Å². The van der Waals surface area contributed by atoms with E-state index in [2.05, 4.69) is 22.1 Å². The molecule has 0 saturated heterocycles. The third kappa shape index (κ3) is 10.1. The molecule has 2 atom stereocenters. The normalized spacial score (nSPS) is 13.2. The summed E-state index contributed by atoms with van der Waals surface area (Å²) in [5.74, 6) is -0.498. The van der Waals surface area contributed by atoms with Gasteiger partial charge in [0.25, 0.3) is 0 Å². The van der Waals surface area contributed by atoms with E-state index in [-0.39, 0.29) is 127 Å². The Bertz CT molecular complexity index is 2190. The van der Waals surface area contributed by atoms with Crippen LogP contribution in [0.15, 0.2) is 91.0 Å². The summed E-state index contributed by atoms with van der Waals surface area (Å²) >= 11 is 0. The summed E-state index contributed by atoms with van der Waals surface area (Å²) in [6.45, 7) is 4.92. The van der Waals surface area contributed by atoms with Crippen molar-refractivity contribution < 1.29 is 18.3 Å². The van der Waals surface area contributed by atoms with Crippen molar-refractivity contribution in [1.29, 1.82) is 0 Å². The van der Waals surface area contributed by atoms with E-state index >= 15 is 0 Å². The van der Waals surface area contributed by atoms with Crippen LogP contribution in [-0.4, -0.2) is 142 Å². The first-order chi connectivity index (χ1) is 23.3. The summed E-state index contributed by atoms with van der Waals surface area (Å²) < 4.78 is 40.0. The number of halogens is 2. The molecule has 2 unspecified atom stereocenters. The summed E-state index contributed by atoms with van der Waals surface area (Å²) in [7, 11) is 0. The molecule has 2 aliphatic heterocycles. The topological polar surface area (TPSA) is 75.8 Å². The van der Waals surface area contributed by atoms with Crippen molar-refractivity contribution in [2.75, 3.05) is 13.2 Å². The molecular weight excluding hydrogens is 685 g/mol. The molecule has 7 rings (SSSR count). The Morgan fingerprint density at radius 1 is 0.620 bits per heavy atom. The summed E-state index contributed by atoms with van der Waals surface area (Å²) in [5, 5.41) is 0. The summed E-state index contributed by atoms with van der Waals surface area (Å²) in [4.78, 5) is 16.8. The number of nitrogens with zero attached hydrogens (tertiary/aromatic N) is 2. The number of nitrogens with one attached hydrogen (secondary N) is 2. The van der Waals surface area contributed by atoms with Gasteiger partial charge in [-0.25, -0.2) is 18.7 Å². The average molecular weight is 723 g/mol. The van der Waals surface area contributed by atoms with Gasteiger partial charge in [-0.1, -0.05) is 24.3 Å². The molecule has 3 aromatic heterocycles. The molecule has 246 valence electrons. The van der Waals surface area contributed by atoms with Crippen molar-refractivity contribution in [3.05, 3.63) is 142 Å². The van der Waals surface area contributed by atoms with Crippen LogP contribution in [0.3, 0.4) is 0 Å². The van der Waals surface area contributed by atoms with Crippen molar-refractivity contribution in [3.63, 3.8) is 0 Å². The van der Waals surface area contributed by atoms with E-state index in [0.29, 0.717) is 26.1 Å². The van der Waals surface area contributed by atoms with Crippen molar-refractivity contribution in [3.8, 4) is 0 Å². The third-order valence-corrected chi connectivity index (χ3v) is 8.53. The fourth-order valence-electron chi connectivity index (χ4n) is 6.07. The third-order valence-electron chi connectivity index (χ3n) is 8.53. The first-order valence-electron chi connectivity index (χ1n) is 16.2. The molecule has 2 aliphatic rings. The zero-order chi connectivity index (χ0) is 33.0. The molecule has 50 heavy (non-hydrogen) atoms. The zero-order valence-corrected chi connectivity index (χ0v) is 26.8. The van der Waals surface area contributed by atoms with Crippen LogP contribution < -0.4 is 0 Å². The van der Waals surface area contributed by atoms with E-state index in [9.17, 15) is 8.78 Å². The van der Waals surface area contributed by atoms with Gasteiger partial charge in [-0.3, -0.25) is 0 Å². The minimum atomic E-state index is -0.258. The van der Waals surface area contributed by atoms with Crippen LogP contribution in [0.4, 0.5) is 8.78 Å². The second kappa shape index (κ2) is 18.2. The van der Waals surface area contributed by atoms with E-state index in [1.807, 2.05) is 74.5 Å². The van der Waals surface area contributed by atoms with Gasteiger partial charge < -0.3 is 19.4 Å². The van der Waals surface area contributed by atoms with Crippen LogP contribution in [0.2, 0.25) is 0 Å². The number of hydrogen-bond acceptors (Lipinski definition) is 4. The van der Waals surface area contributed by atoms with Crippen molar-refractivity contribution in [1.82, 2.24) is 19.9 Å². The standard InChI is InChI=1S/C40H36F2N4O2.2K.2H/c1-25(47-15-13-27-5-3-7-29(41)17-27)37-21-35-20-33-10-9-31(43-33)19-32-11-12-34(44-32)23-39-38(22-36(46-39)24-40(37)45-35)26(2)48-16-14-28-6-4-8-30(42)18-28;;;;/h3-12,17-26,44-45H,13-16H2,1-2H3;;;;. The number of H-pyrrole nitrogens is 2. The van der Waals surface area contributed by atoms with Gasteiger partial charge in [0, 0.05) is 33.2 Å². The van der Waals surface area contributed by atoms with Crippen molar-refractivity contribution in [2.24, 2.45) is 0 Å². The predicted molar refractivity (Wildman–Crippen MR) is 202 cm³/mol. The first kappa shape index (κ1) is 39.3. The monoisotopic (exact) mass is 722 g/mol. The van der Waals surface area contributed by atoms with Gasteiger partial charge >= 0.3 is 103 Å². The number of aromatic amines is 2. The molecule has 10 heteroatoms. The summed E-state index contributed by atoms with van der Waals surface area (Å²) in [6, 6.07) is 27.4. The van der Waals surface area contributed by atoms with Crippen molar-refractivity contribution in [2.45, 2.75) is 38.9 Å². The molecule has 5 heterocycles. The molecule has 6 nitrogen and oxygen atoms in total. The Hall–Kier alpha value is -1.91. The molecule has 5 aromatic rings. The molecule has 0 aliphatic carbocycles. The fraction of sp³-hybridized carbons (Fsp3) is 0.200. The average Bonchev–Trinajstić information content (AvgIpc) is 3.86. The number of ether oxygens (including phenoxy) is 2. The molecule has 2 N–H and O–H groups in total. The molecule has 0 saturated carbocycles. The number of hydrogen-bond donors (Lipinski definition) is 2. The van der Waals surface area contributed by atoms with Gasteiger partial charge in [-0.05, 0) is 123 Å². The van der Waals surface area contributed by atoms with Crippen LogP contribution >= 0.6 is 0 Å². The van der Waals surface area contributed by atoms with Crippen LogP contribution in [0.5, 0.6) is 0 Å². The number of benzene rings is 2. The molecule has 0 radical (unpaired) electrons. The Labute approximate surface area is 375 Å². The minimum absolute atomic E-state index is 0. The molecule has 0 fully saturated rings. The van der Waals surface area contributed by atoms with E-state index in [4.69, 9.17) is 19.4 Å². The van der Waals surface area contributed by atoms with Crippen LogP contribution in [0.1, 0.15) is 59.4 Å². The fourth-order valence-corrected chi connectivity index (χ4v) is 6.07. The molecule has 0 spiro atoms. The Morgan fingerprint density at radius 3 is 1.86 bits per heavy atom. The van der Waals surface area contributed by atoms with Crippen LogP contribution in [-0.2, 0) is 22.3 Å². The van der Waals surface area contributed by atoms with Gasteiger partial charge in [-0.2, -0.15) is 0 Å². The number of aromatic nitrogens is 4. The maximum absolute atomic E-state index is 13.7. The zero-order valence-electron chi connectivity index (χ0n) is 26.8. The molecule has 2 aromatic carbocycles. The van der Waals surface area contributed by atoms with Gasteiger partial charge in [0.1, 0.15) is 11.6 Å². The molecule has 0 amide bonds. The number of fused-ring (bicyclic) bond motifs is 8. The van der Waals surface area contributed by atoms with Gasteiger partial charge in [0.05, 0.1) is 48.2 Å². The molecule has 8 bridgehead atoms. The SMILES string of the molecule is CC(OCCc1cccc(F)c1)C1=Cc2cc3[nH]c(cc4nc(cc5ccc(cc1n2)[nH]5)C=C4)cc3C(C)OCCc1cccc(F)c1.[KH].[KH]. The summed E-state index contributed by atoms with van der Waals surface area (Å²) in [5.41, 5.74) is 10.6. The Balaban J connectivity index is 0.00000243. The molecular formula is C40H38F2K2N4O2. The van der Waals surface area contributed by atoms with E-state index in [1.54, 1.807) is 24.3 Å². The van der Waals surface area contributed by atoms with Gasteiger partial charge in [-0.15, -0.1) is 0 Å². The Kier molecular flexibility index (Phi) is 14.3. The quantitative estimate of drug-likeness (QED) is 0.141. The Morgan fingerprint density at radius 2 is 1.22 bits per heavy atom. The second-order valence-electron chi connectivity index (χ2n) is 12.1. The summed E-state index contributed by atoms with van der Waals surface area (Å²) in [6.07, 6.45) is 6.75. The maximum atomic E-state index is 13.7. The van der Waals surface area contributed by atoms with Crippen LogP contribution in [0, 0.1) is 11.6 Å². The van der Waals surface area contributed by atoms with Crippen LogP contribution in [0.25, 0.3) is 45.9 Å². The van der Waals surface area contributed by atoms with Gasteiger partial charge in [0.15, 0.2) is 0 Å². The number of rotatable bonds is 10. The second-order valence-corrected chi connectivity index (χ2v) is 12.1. The first-order valence-corrected chi connectivity index (χ1v) is 16.2. The van der Waals surface area contributed by atoms with Gasteiger partial charge in [0.2, 0.25) is 0 Å². The predicted octanol–water partition coefficient (Wildman–Crippen LogP) is 7.98. The van der Waals surface area contributed by atoms with Crippen molar-refractivity contribution >= 4 is 149 Å². The van der Waals surface area contributed by atoms with E-state index < -0.39 is 0 Å².